The third-order valence-corrected chi connectivity index (χ3v) is 3.63. The van der Waals surface area contributed by atoms with Crippen LogP contribution in [-0.2, 0) is 0 Å². The zero-order valence-electron chi connectivity index (χ0n) is 12.9. The maximum atomic E-state index is 12.1. The van der Waals surface area contributed by atoms with E-state index in [-0.39, 0.29) is 10.7 Å². The maximum Gasteiger partial charge on any atom is 0.273 e. The number of ether oxygens (including phenoxy) is 1. The first kappa shape index (κ1) is 19.0. The molecular weight excluding hydrogens is 385 g/mol. The molecule has 0 heterocycles. The van der Waals surface area contributed by atoms with Gasteiger partial charge in [0.1, 0.15) is 5.75 Å². The van der Waals surface area contributed by atoms with Gasteiger partial charge in [0.2, 0.25) is 0 Å². The number of hydrogen-bond donors (Lipinski definition) is 3. The van der Waals surface area contributed by atoms with Crippen molar-refractivity contribution in [2.75, 3.05) is 7.11 Å². The molecule has 0 unspecified atom stereocenters. The van der Waals surface area contributed by atoms with Crippen molar-refractivity contribution in [2.24, 2.45) is 0 Å². The largest absolute Gasteiger partial charge is 0.496 e. The van der Waals surface area contributed by atoms with E-state index in [1.54, 1.807) is 24.3 Å². The van der Waals surface area contributed by atoms with Gasteiger partial charge in [0.05, 0.1) is 12.7 Å². The Balaban J connectivity index is 1.94. The first-order chi connectivity index (χ1) is 11.9. The lowest BCUT2D eigenvalue weighted by Crippen LogP contribution is -2.48. The quantitative estimate of drug-likeness (QED) is 0.547. The fourth-order valence-corrected chi connectivity index (χ4v) is 2.57. The van der Waals surface area contributed by atoms with Crippen LogP contribution in [0.5, 0.6) is 5.75 Å². The number of hydrogen-bond acceptors (Lipinski definition) is 4. The van der Waals surface area contributed by atoms with Crippen molar-refractivity contribution in [3.63, 3.8) is 0 Å². The molecular formula is C16H13Cl2N3O3S. The molecule has 0 aliphatic carbocycles. The van der Waals surface area contributed by atoms with E-state index in [0.29, 0.717) is 21.4 Å². The number of halogens is 2. The van der Waals surface area contributed by atoms with Gasteiger partial charge in [-0.05, 0) is 42.5 Å². The van der Waals surface area contributed by atoms with Gasteiger partial charge in [-0.3, -0.25) is 25.8 Å². The predicted molar refractivity (Wildman–Crippen MR) is 100 cm³/mol. The Kier molecular flexibility index (Phi) is 6.58. The highest BCUT2D eigenvalue weighted by atomic mass is 35.5. The number of nitrogens with one attached hydrogen (secondary N) is 3. The Morgan fingerprint density at radius 3 is 2.28 bits per heavy atom. The lowest BCUT2D eigenvalue weighted by molar-refractivity contribution is 0.0932. The number of para-hydroxylation sites is 1. The van der Waals surface area contributed by atoms with Crippen LogP contribution >= 0.6 is 35.4 Å². The molecule has 0 saturated carbocycles. The Morgan fingerprint density at radius 2 is 1.64 bits per heavy atom. The molecule has 0 aliphatic heterocycles. The predicted octanol–water partition coefficient (Wildman–Crippen LogP) is 2.95. The van der Waals surface area contributed by atoms with Crippen LogP contribution in [0.15, 0.2) is 42.5 Å². The zero-order chi connectivity index (χ0) is 18.4. The monoisotopic (exact) mass is 397 g/mol. The fraction of sp³-hybridized carbons (Fsp3) is 0.0625. The molecule has 2 aromatic rings. The number of hydrazine groups is 1. The van der Waals surface area contributed by atoms with Crippen molar-refractivity contribution in [1.82, 2.24) is 16.2 Å². The number of thiocarbonyl (C=S) groups is 1. The third kappa shape index (κ3) is 5.32. The summed E-state index contributed by atoms with van der Waals surface area (Å²) in [7, 11) is 1.46. The summed E-state index contributed by atoms with van der Waals surface area (Å²) in [6.07, 6.45) is 0. The number of benzene rings is 2. The van der Waals surface area contributed by atoms with Crippen LogP contribution in [-0.4, -0.2) is 24.0 Å². The maximum absolute atomic E-state index is 12.1. The Hall–Kier alpha value is -2.35. The molecule has 0 saturated heterocycles. The summed E-state index contributed by atoms with van der Waals surface area (Å²) in [5.74, 6) is -0.585. The lowest BCUT2D eigenvalue weighted by Gasteiger charge is -2.12. The molecule has 0 spiro atoms. The third-order valence-electron chi connectivity index (χ3n) is 2.99. The van der Waals surface area contributed by atoms with Crippen LogP contribution in [0.25, 0.3) is 0 Å². The summed E-state index contributed by atoms with van der Waals surface area (Å²) in [4.78, 5) is 24.2. The summed E-state index contributed by atoms with van der Waals surface area (Å²) in [5.41, 5.74) is 5.36. The second-order valence-corrected chi connectivity index (χ2v) is 6.00. The molecule has 0 radical (unpaired) electrons. The van der Waals surface area contributed by atoms with E-state index >= 15 is 0 Å². The molecule has 130 valence electrons. The van der Waals surface area contributed by atoms with Gasteiger partial charge in [0.15, 0.2) is 5.11 Å². The second-order valence-electron chi connectivity index (χ2n) is 4.72. The minimum atomic E-state index is -0.520. The van der Waals surface area contributed by atoms with Gasteiger partial charge < -0.3 is 4.74 Å². The van der Waals surface area contributed by atoms with E-state index in [1.807, 2.05) is 0 Å². The molecule has 2 aromatic carbocycles. The van der Waals surface area contributed by atoms with Gasteiger partial charge in [-0.2, -0.15) is 0 Å². The first-order valence-corrected chi connectivity index (χ1v) is 8.08. The fourth-order valence-electron chi connectivity index (χ4n) is 1.90. The van der Waals surface area contributed by atoms with Gasteiger partial charge >= 0.3 is 0 Å². The molecule has 0 atom stereocenters. The van der Waals surface area contributed by atoms with Crippen LogP contribution < -0.4 is 20.9 Å². The molecule has 9 heteroatoms. The molecule has 0 bridgehead atoms. The smallest absolute Gasteiger partial charge is 0.273 e. The number of carbonyl (C=O) groups excluding carboxylic acids is 2. The van der Waals surface area contributed by atoms with Gasteiger partial charge in [0, 0.05) is 15.6 Å². The van der Waals surface area contributed by atoms with E-state index in [2.05, 4.69) is 16.2 Å². The number of amides is 2. The van der Waals surface area contributed by atoms with Gasteiger partial charge in [-0.25, -0.2) is 0 Å². The van der Waals surface area contributed by atoms with Crippen molar-refractivity contribution in [3.05, 3.63) is 63.6 Å². The molecule has 2 rings (SSSR count). The van der Waals surface area contributed by atoms with Crippen LogP contribution in [0.4, 0.5) is 0 Å². The average molecular weight is 398 g/mol. The van der Waals surface area contributed by atoms with E-state index in [1.165, 1.54) is 25.3 Å². The van der Waals surface area contributed by atoms with Gasteiger partial charge in [0.25, 0.3) is 11.8 Å². The van der Waals surface area contributed by atoms with Crippen LogP contribution in [0.2, 0.25) is 10.0 Å². The highest BCUT2D eigenvalue weighted by Crippen LogP contribution is 2.19. The summed E-state index contributed by atoms with van der Waals surface area (Å²) < 4.78 is 5.10. The summed E-state index contributed by atoms with van der Waals surface area (Å²) in [5, 5.41) is 2.95. The number of methoxy groups -OCH3 is 1. The number of carbonyl (C=O) groups is 2. The normalized spacial score (nSPS) is 9.88. The van der Waals surface area contributed by atoms with E-state index in [9.17, 15) is 9.59 Å². The zero-order valence-corrected chi connectivity index (χ0v) is 15.3. The minimum Gasteiger partial charge on any atom is -0.496 e. The van der Waals surface area contributed by atoms with E-state index in [0.717, 1.165) is 0 Å². The standard InChI is InChI=1S/C16H13Cl2N3O3S/c1-24-13-5-3-2-4-12(13)15(23)20-21-16(25)19-14(22)9-6-10(17)8-11(18)7-9/h2-8H,1H3,(H,20,23)(H2,19,21,22,25). The Bertz CT molecular complexity index is 810. The molecule has 3 N–H and O–H groups in total. The van der Waals surface area contributed by atoms with Gasteiger partial charge in [-0.15, -0.1) is 0 Å². The van der Waals surface area contributed by atoms with Crippen molar-refractivity contribution >= 4 is 52.3 Å². The molecule has 0 fully saturated rings. The van der Waals surface area contributed by atoms with Crippen LogP contribution in [0.1, 0.15) is 20.7 Å². The first-order valence-electron chi connectivity index (χ1n) is 6.91. The second kappa shape index (κ2) is 8.66. The van der Waals surface area contributed by atoms with Crippen LogP contribution in [0, 0.1) is 0 Å². The van der Waals surface area contributed by atoms with Crippen LogP contribution in [0.3, 0.4) is 0 Å². The molecule has 6 nitrogen and oxygen atoms in total. The van der Waals surface area contributed by atoms with Crippen molar-refractivity contribution < 1.29 is 14.3 Å². The molecule has 2 amide bonds. The topological polar surface area (TPSA) is 79.5 Å². The van der Waals surface area contributed by atoms with Crippen molar-refractivity contribution in [2.45, 2.75) is 0 Å². The molecule has 25 heavy (non-hydrogen) atoms. The lowest BCUT2D eigenvalue weighted by atomic mass is 10.2. The Labute approximate surface area is 159 Å². The van der Waals surface area contributed by atoms with E-state index < -0.39 is 11.8 Å². The van der Waals surface area contributed by atoms with Crippen molar-refractivity contribution in [3.8, 4) is 5.75 Å². The molecule has 0 aromatic heterocycles. The average Bonchev–Trinajstić information content (AvgIpc) is 2.58. The highest BCUT2D eigenvalue weighted by molar-refractivity contribution is 7.80. The van der Waals surface area contributed by atoms with Crippen molar-refractivity contribution in [1.29, 1.82) is 0 Å². The minimum absolute atomic E-state index is 0.0932. The van der Waals surface area contributed by atoms with Gasteiger partial charge in [-0.1, -0.05) is 35.3 Å². The molecule has 0 aliphatic rings. The van der Waals surface area contributed by atoms with E-state index in [4.69, 9.17) is 40.2 Å². The SMILES string of the molecule is COc1ccccc1C(=O)NNC(=S)NC(=O)c1cc(Cl)cc(Cl)c1. The summed E-state index contributed by atoms with van der Waals surface area (Å²) in [6.45, 7) is 0. The number of rotatable bonds is 3. The summed E-state index contributed by atoms with van der Waals surface area (Å²) in [6, 6.07) is 11.1. The summed E-state index contributed by atoms with van der Waals surface area (Å²) >= 11 is 16.7. The Morgan fingerprint density at radius 1 is 1.00 bits per heavy atom. The highest BCUT2D eigenvalue weighted by Gasteiger charge is 2.13.